The number of benzene rings is 1. The molecule has 1 aromatic carbocycles. The summed E-state index contributed by atoms with van der Waals surface area (Å²) >= 11 is 0. The van der Waals surface area contributed by atoms with E-state index in [4.69, 9.17) is 0 Å². The fourth-order valence-electron chi connectivity index (χ4n) is 2.33. The van der Waals surface area contributed by atoms with E-state index in [-0.39, 0.29) is 17.8 Å². The van der Waals surface area contributed by atoms with Crippen molar-refractivity contribution in [1.29, 1.82) is 0 Å². The molecule has 0 amide bonds. The predicted molar refractivity (Wildman–Crippen MR) is 76.0 cm³/mol. The zero-order chi connectivity index (χ0) is 15.7. The van der Waals surface area contributed by atoms with E-state index >= 15 is 0 Å². The van der Waals surface area contributed by atoms with Gasteiger partial charge in [-0.25, -0.2) is 0 Å². The van der Waals surface area contributed by atoms with Crippen LogP contribution in [0.3, 0.4) is 0 Å². The monoisotopic (exact) mass is 322 g/mol. The van der Waals surface area contributed by atoms with Crippen molar-refractivity contribution in [1.82, 2.24) is 9.44 Å². The molecule has 2 rings (SSSR count). The second kappa shape index (κ2) is 5.86. The molecule has 0 aliphatic carbocycles. The van der Waals surface area contributed by atoms with E-state index in [2.05, 4.69) is 14.2 Å². The van der Waals surface area contributed by atoms with E-state index in [9.17, 15) is 18.0 Å². The smallest absolute Gasteiger partial charge is 0.406 e. The molecule has 1 saturated heterocycles. The van der Waals surface area contributed by atoms with Crippen molar-refractivity contribution < 1.29 is 22.7 Å². The molecule has 0 saturated carbocycles. The highest BCUT2D eigenvalue weighted by Gasteiger charge is 2.33. The second-order valence-corrected chi connectivity index (χ2v) is 8.34. The molecule has 4 nitrogen and oxygen atoms in total. The number of halogens is 3. The molecule has 21 heavy (non-hydrogen) atoms. The van der Waals surface area contributed by atoms with Gasteiger partial charge in [-0.2, -0.15) is 0 Å². The first-order chi connectivity index (χ1) is 9.68. The van der Waals surface area contributed by atoms with Gasteiger partial charge >= 0.3 is 6.36 Å². The molecule has 1 aromatic rings. The van der Waals surface area contributed by atoms with Crippen LogP contribution < -0.4 is 14.2 Å². The maximum atomic E-state index is 12.3. The summed E-state index contributed by atoms with van der Waals surface area (Å²) < 4.78 is 47.3. The van der Waals surface area contributed by atoms with Crippen LogP contribution in [0.15, 0.2) is 24.3 Å². The van der Waals surface area contributed by atoms with Gasteiger partial charge in [0.15, 0.2) is 0 Å². The van der Waals surface area contributed by atoms with E-state index in [0.29, 0.717) is 12.0 Å². The lowest BCUT2D eigenvalue weighted by Crippen LogP contribution is -2.47. The van der Waals surface area contributed by atoms with Gasteiger partial charge in [-0.3, -0.25) is 9.44 Å². The molecular weight excluding hydrogens is 305 g/mol. The number of aldehydes is 1. The van der Waals surface area contributed by atoms with Crippen LogP contribution >= 0.6 is 10.4 Å². The van der Waals surface area contributed by atoms with Crippen molar-refractivity contribution in [2.75, 3.05) is 12.5 Å². The quantitative estimate of drug-likeness (QED) is 0.840. The molecule has 1 fully saturated rings. The van der Waals surface area contributed by atoms with Gasteiger partial charge in [0.25, 0.3) is 0 Å². The minimum Gasteiger partial charge on any atom is -0.406 e. The number of carbonyl (C=O) groups is 1. The van der Waals surface area contributed by atoms with Crippen LogP contribution in [0, 0.1) is 0 Å². The Balaban J connectivity index is 2.21. The number of alkyl halides is 3. The molecule has 1 heterocycles. The van der Waals surface area contributed by atoms with Gasteiger partial charge in [-0.15, -0.1) is 23.6 Å². The van der Waals surface area contributed by atoms with Gasteiger partial charge in [0, 0.05) is 6.04 Å². The predicted octanol–water partition coefficient (Wildman–Crippen LogP) is 2.67. The van der Waals surface area contributed by atoms with Crippen molar-refractivity contribution in [3.63, 3.8) is 0 Å². The third kappa shape index (κ3) is 4.62. The minimum absolute atomic E-state index is 0.191. The standard InChI is InChI=1S/C13H17F3N2O2S/c1-21(2)17-10(8-19)7-12(18-21)9-4-3-5-11(6-9)20-13(14,15)16/h3-6,8,10,12,17-18H,7H2,1-2H3. The van der Waals surface area contributed by atoms with Crippen molar-refractivity contribution in [3.05, 3.63) is 29.8 Å². The lowest BCUT2D eigenvalue weighted by molar-refractivity contribution is -0.274. The van der Waals surface area contributed by atoms with E-state index in [0.717, 1.165) is 6.29 Å². The molecule has 1 aliphatic rings. The summed E-state index contributed by atoms with van der Waals surface area (Å²) in [6.07, 6.45) is 0.502. The zero-order valence-corrected chi connectivity index (χ0v) is 12.4. The fourth-order valence-corrected chi connectivity index (χ4v) is 4.25. The summed E-state index contributed by atoms with van der Waals surface area (Å²) in [4.78, 5) is 11.0. The number of nitrogens with one attached hydrogen (secondary N) is 2. The zero-order valence-electron chi connectivity index (χ0n) is 11.6. The lowest BCUT2D eigenvalue weighted by atomic mass is 10.0. The molecular formula is C13H17F3N2O2S. The SMILES string of the molecule is CS1(C)NC(C=O)CC(c2cccc(OC(F)(F)F)c2)N1. The molecule has 0 aromatic heterocycles. The number of carbonyl (C=O) groups excluding carboxylic acids is 1. The largest absolute Gasteiger partial charge is 0.573 e. The topological polar surface area (TPSA) is 50.4 Å². The van der Waals surface area contributed by atoms with Gasteiger partial charge in [0.1, 0.15) is 12.0 Å². The Morgan fingerprint density at radius 1 is 1.33 bits per heavy atom. The molecule has 118 valence electrons. The highest BCUT2D eigenvalue weighted by molar-refractivity contribution is 8.29. The lowest BCUT2D eigenvalue weighted by Gasteiger charge is -2.45. The van der Waals surface area contributed by atoms with Crippen molar-refractivity contribution in [2.24, 2.45) is 0 Å². The van der Waals surface area contributed by atoms with Crippen LogP contribution in [0.25, 0.3) is 0 Å². The van der Waals surface area contributed by atoms with Crippen molar-refractivity contribution in [3.8, 4) is 5.75 Å². The summed E-state index contributed by atoms with van der Waals surface area (Å²) in [5.41, 5.74) is 0.672. The van der Waals surface area contributed by atoms with E-state index < -0.39 is 16.8 Å². The molecule has 2 unspecified atom stereocenters. The Labute approximate surface area is 122 Å². The van der Waals surface area contributed by atoms with Gasteiger partial charge in [0.2, 0.25) is 0 Å². The van der Waals surface area contributed by atoms with Crippen LogP contribution in [0.2, 0.25) is 0 Å². The molecule has 0 spiro atoms. The highest BCUT2D eigenvalue weighted by Crippen LogP contribution is 2.41. The maximum absolute atomic E-state index is 12.3. The maximum Gasteiger partial charge on any atom is 0.573 e. The average molecular weight is 322 g/mol. The number of rotatable bonds is 3. The summed E-state index contributed by atoms with van der Waals surface area (Å²) in [5, 5.41) is 0. The number of ether oxygens (including phenoxy) is 1. The van der Waals surface area contributed by atoms with Gasteiger partial charge in [-0.1, -0.05) is 12.1 Å². The Morgan fingerprint density at radius 3 is 2.67 bits per heavy atom. The summed E-state index contributed by atoms with van der Waals surface area (Å²) in [6, 6.07) is 5.35. The third-order valence-corrected chi connectivity index (χ3v) is 4.80. The Kier molecular flexibility index (Phi) is 4.50. The molecule has 2 atom stereocenters. The van der Waals surface area contributed by atoms with Gasteiger partial charge in [-0.05, 0) is 36.6 Å². The molecule has 0 radical (unpaired) electrons. The average Bonchev–Trinajstić information content (AvgIpc) is 2.35. The van der Waals surface area contributed by atoms with E-state index in [1.807, 2.05) is 12.5 Å². The minimum atomic E-state index is -4.71. The van der Waals surface area contributed by atoms with Crippen LogP contribution in [0.1, 0.15) is 18.0 Å². The van der Waals surface area contributed by atoms with Gasteiger partial charge in [0.05, 0.1) is 6.04 Å². The molecule has 8 heteroatoms. The molecule has 2 N–H and O–H groups in total. The van der Waals surface area contributed by atoms with E-state index in [1.165, 1.54) is 18.2 Å². The summed E-state index contributed by atoms with van der Waals surface area (Å²) in [6.45, 7) is 0. The van der Waals surface area contributed by atoms with Crippen LogP contribution in [0.5, 0.6) is 5.75 Å². The van der Waals surface area contributed by atoms with Gasteiger partial charge < -0.3 is 9.53 Å². The number of hydrogen-bond donors (Lipinski definition) is 2. The summed E-state index contributed by atoms with van der Waals surface area (Å²) in [7, 11) is -1.38. The first kappa shape index (κ1) is 16.1. The molecule has 1 aliphatic heterocycles. The van der Waals surface area contributed by atoms with Crippen molar-refractivity contribution in [2.45, 2.75) is 24.9 Å². The third-order valence-electron chi connectivity index (χ3n) is 3.03. The van der Waals surface area contributed by atoms with Crippen LogP contribution in [-0.2, 0) is 4.79 Å². The Bertz CT molecular complexity index is 522. The highest BCUT2D eigenvalue weighted by atomic mass is 32.3. The fraction of sp³-hybridized carbons (Fsp3) is 0.462. The number of hydrogen-bond acceptors (Lipinski definition) is 4. The van der Waals surface area contributed by atoms with E-state index in [1.54, 1.807) is 6.07 Å². The Hall–Kier alpha value is -1.25. The molecule has 0 bridgehead atoms. The normalized spacial score (nSPS) is 26.9. The van der Waals surface area contributed by atoms with Crippen LogP contribution in [-0.4, -0.2) is 31.2 Å². The first-order valence-corrected chi connectivity index (χ1v) is 8.72. The van der Waals surface area contributed by atoms with Crippen molar-refractivity contribution >= 4 is 16.7 Å². The first-order valence-electron chi connectivity index (χ1n) is 6.27. The second-order valence-electron chi connectivity index (χ2n) is 5.21. The summed E-state index contributed by atoms with van der Waals surface area (Å²) in [5.74, 6) is -0.254. The Morgan fingerprint density at radius 2 is 2.05 bits per heavy atom. The van der Waals surface area contributed by atoms with Crippen LogP contribution in [0.4, 0.5) is 13.2 Å².